The van der Waals surface area contributed by atoms with Crippen molar-refractivity contribution in [2.24, 2.45) is 5.92 Å². The minimum Gasteiger partial charge on any atom is -0.377 e. The van der Waals surface area contributed by atoms with Gasteiger partial charge >= 0.3 is 0 Å². The highest BCUT2D eigenvalue weighted by atomic mass is 16.5. The van der Waals surface area contributed by atoms with Gasteiger partial charge in [0.2, 0.25) is 0 Å². The molecule has 0 aliphatic carbocycles. The van der Waals surface area contributed by atoms with Crippen molar-refractivity contribution in [3.63, 3.8) is 0 Å². The van der Waals surface area contributed by atoms with E-state index >= 15 is 0 Å². The highest BCUT2D eigenvalue weighted by Gasteiger charge is 1.99. The van der Waals surface area contributed by atoms with Crippen molar-refractivity contribution < 1.29 is 4.74 Å². The predicted molar refractivity (Wildman–Crippen MR) is 62.6 cm³/mol. The molecule has 2 nitrogen and oxygen atoms in total. The zero-order valence-corrected chi connectivity index (χ0v) is 10.3. The van der Waals surface area contributed by atoms with Gasteiger partial charge in [-0.15, -0.1) is 0 Å². The van der Waals surface area contributed by atoms with Gasteiger partial charge in [-0.05, 0) is 32.2 Å². The summed E-state index contributed by atoms with van der Waals surface area (Å²) in [5.41, 5.74) is 0. The van der Waals surface area contributed by atoms with E-state index in [1.807, 2.05) is 0 Å². The smallest absolute Gasteiger partial charge is 0.0594 e. The van der Waals surface area contributed by atoms with Crippen LogP contribution in [-0.2, 0) is 4.74 Å². The summed E-state index contributed by atoms with van der Waals surface area (Å²) in [4.78, 5) is 0. The van der Waals surface area contributed by atoms with Gasteiger partial charge < -0.3 is 10.1 Å². The Kier molecular flexibility index (Phi) is 9.42. The van der Waals surface area contributed by atoms with Gasteiger partial charge in [-0.25, -0.2) is 0 Å². The molecule has 0 radical (unpaired) electrons. The van der Waals surface area contributed by atoms with E-state index in [1.54, 1.807) is 0 Å². The molecule has 1 unspecified atom stereocenters. The second-order valence-corrected chi connectivity index (χ2v) is 4.40. The van der Waals surface area contributed by atoms with E-state index < -0.39 is 0 Å². The normalized spacial score (nSPS) is 13.5. The van der Waals surface area contributed by atoms with E-state index in [-0.39, 0.29) is 0 Å². The summed E-state index contributed by atoms with van der Waals surface area (Å²) in [6.45, 7) is 11.8. The largest absolute Gasteiger partial charge is 0.377 e. The monoisotopic (exact) mass is 201 g/mol. The molecule has 0 rings (SSSR count). The Bertz CT molecular complexity index is 115. The molecule has 0 amide bonds. The van der Waals surface area contributed by atoms with E-state index in [0.717, 1.165) is 25.6 Å². The van der Waals surface area contributed by atoms with Crippen LogP contribution in [0, 0.1) is 5.92 Å². The molecule has 0 aromatic rings. The van der Waals surface area contributed by atoms with Crippen molar-refractivity contribution in [2.45, 2.75) is 53.1 Å². The Hall–Kier alpha value is -0.0800. The molecule has 0 fully saturated rings. The van der Waals surface area contributed by atoms with Crippen LogP contribution < -0.4 is 5.32 Å². The fourth-order valence-electron chi connectivity index (χ4n) is 1.34. The number of nitrogens with one attached hydrogen (secondary N) is 1. The number of hydrogen-bond acceptors (Lipinski definition) is 2. The average Bonchev–Trinajstić information content (AvgIpc) is 2.11. The molecule has 86 valence electrons. The third-order valence-corrected chi connectivity index (χ3v) is 2.27. The molecule has 14 heavy (non-hydrogen) atoms. The maximum Gasteiger partial charge on any atom is 0.0594 e. The summed E-state index contributed by atoms with van der Waals surface area (Å²) in [5, 5.41) is 3.39. The van der Waals surface area contributed by atoms with Crippen molar-refractivity contribution in [1.29, 1.82) is 0 Å². The van der Waals surface area contributed by atoms with Gasteiger partial charge in [0.05, 0.1) is 12.7 Å². The van der Waals surface area contributed by atoms with E-state index in [9.17, 15) is 0 Å². The van der Waals surface area contributed by atoms with Crippen molar-refractivity contribution in [1.82, 2.24) is 5.32 Å². The Morgan fingerprint density at radius 2 is 1.79 bits per heavy atom. The summed E-state index contributed by atoms with van der Waals surface area (Å²) < 4.78 is 5.63. The van der Waals surface area contributed by atoms with Crippen LogP contribution in [0.5, 0.6) is 0 Å². The molecule has 0 aromatic carbocycles. The molecule has 0 spiro atoms. The molecule has 0 aliphatic heterocycles. The molecular formula is C12H27NO. The van der Waals surface area contributed by atoms with Gasteiger partial charge in [0.15, 0.2) is 0 Å². The first-order valence-corrected chi connectivity index (χ1v) is 5.99. The summed E-state index contributed by atoms with van der Waals surface area (Å²) in [5.74, 6) is 0.794. The first-order valence-electron chi connectivity index (χ1n) is 5.99. The Labute approximate surface area is 89.4 Å². The van der Waals surface area contributed by atoms with E-state index in [4.69, 9.17) is 4.74 Å². The van der Waals surface area contributed by atoms with Crippen molar-refractivity contribution in [2.75, 3.05) is 19.7 Å². The van der Waals surface area contributed by atoms with Crippen LogP contribution in [0.15, 0.2) is 0 Å². The first-order chi connectivity index (χ1) is 6.66. The number of rotatable bonds is 9. The molecule has 0 heterocycles. The quantitative estimate of drug-likeness (QED) is 0.579. The van der Waals surface area contributed by atoms with Gasteiger partial charge in [0.1, 0.15) is 0 Å². The Morgan fingerprint density at radius 3 is 2.36 bits per heavy atom. The summed E-state index contributed by atoms with van der Waals surface area (Å²) >= 11 is 0. The Morgan fingerprint density at radius 1 is 1.07 bits per heavy atom. The van der Waals surface area contributed by atoms with Crippen LogP contribution in [0.1, 0.15) is 47.0 Å². The molecule has 0 bridgehead atoms. The number of ether oxygens (including phenoxy) is 1. The molecule has 0 aromatic heterocycles. The van der Waals surface area contributed by atoms with E-state index in [0.29, 0.717) is 6.10 Å². The predicted octanol–water partition coefficient (Wildman–Crippen LogP) is 2.83. The first kappa shape index (κ1) is 13.9. The fourth-order valence-corrected chi connectivity index (χ4v) is 1.34. The Balaban J connectivity index is 3.05. The van der Waals surface area contributed by atoms with Crippen LogP contribution in [0.25, 0.3) is 0 Å². The van der Waals surface area contributed by atoms with E-state index in [1.165, 1.54) is 19.3 Å². The molecular weight excluding hydrogens is 174 g/mol. The topological polar surface area (TPSA) is 21.3 Å². The summed E-state index contributed by atoms with van der Waals surface area (Å²) in [6.07, 6.45) is 4.06. The maximum absolute atomic E-state index is 5.63. The van der Waals surface area contributed by atoms with Crippen molar-refractivity contribution >= 4 is 0 Å². The SMILES string of the molecule is CCCC(C)OCCNCCC(C)C. The lowest BCUT2D eigenvalue weighted by Gasteiger charge is -2.12. The highest BCUT2D eigenvalue weighted by molar-refractivity contribution is 4.52. The molecule has 0 saturated heterocycles. The minimum atomic E-state index is 0.423. The fraction of sp³-hybridized carbons (Fsp3) is 1.00. The zero-order valence-electron chi connectivity index (χ0n) is 10.3. The third-order valence-electron chi connectivity index (χ3n) is 2.27. The van der Waals surface area contributed by atoms with Gasteiger partial charge in [0.25, 0.3) is 0 Å². The third kappa shape index (κ3) is 10.0. The lowest BCUT2D eigenvalue weighted by atomic mass is 10.1. The molecule has 0 aliphatic rings. The van der Waals surface area contributed by atoms with E-state index in [2.05, 4.69) is 33.0 Å². The van der Waals surface area contributed by atoms with Gasteiger partial charge in [-0.1, -0.05) is 27.2 Å². The van der Waals surface area contributed by atoms with Crippen LogP contribution in [0.2, 0.25) is 0 Å². The second kappa shape index (κ2) is 9.47. The van der Waals surface area contributed by atoms with Crippen LogP contribution >= 0.6 is 0 Å². The van der Waals surface area contributed by atoms with Crippen molar-refractivity contribution in [3.05, 3.63) is 0 Å². The summed E-state index contributed by atoms with van der Waals surface area (Å²) in [6, 6.07) is 0. The number of hydrogen-bond donors (Lipinski definition) is 1. The van der Waals surface area contributed by atoms with Crippen LogP contribution in [0.3, 0.4) is 0 Å². The second-order valence-electron chi connectivity index (χ2n) is 4.40. The van der Waals surface area contributed by atoms with Gasteiger partial charge in [0, 0.05) is 6.54 Å². The lowest BCUT2D eigenvalue weighted by molar-refractivity contribution is 0.0617. The molecule has 1 N–H and O–H groups in total. The zero-order chi connectivity index (χ0) is 10.8. The molecule has 2 heteroatoms. The highest BCUT2D eigenvalue weighted by Crippen LogP contribution is 1.99. The maximum atomic E-state index is 5.63. The minimum absolute atomic E-state index is 0.423. The van der Waals surface area contributed by atoms with Crippen LogP contribution in [-0.4, -0.2) is 25.8 Å². The average molecular weight is 201 g/mol. The lowest BCUT2D eigenvalue weighted by Crippen LogP contribution is -2.23. The standard InChI is InChI=1S/C12H27NO/c1-5-6-12(4)14-10-9-13-8-7-11(2)3/h11-13H,5-10H2,1-4H3. The molecule has 0 saturated carbocycles. The van der Waals surface area contributed by atoms with Crippen LogP contribution in [0.4, 0.5) is 0 Å². The summed E-state index contributed by atoms with van der Waals surface area (Å²) in [7, 11) is 0. The van der Waals surface area contributed by atoms with Gasteiger partial charge in [-0.2, -0.15) is 0 Å². The van der Waals surface area contributed by atoms with Crippen molar-refractivity contribution in [3.8, 4) is 0 Å². The van der Waals surface area contributed by atoms with Gasteiger partial charge in [-0.3, -0.25) is 0 Å². The molecule has 1 atom stereocenters.